The normalized spacial score (nSPS) is 16.4. The summed E-state index contributed by atoms with van der Waals surface area (Å²) in [7, 11) is 0. The number of hydrogen-bond acceptors (Lipinski definition) is 3. The number of piperidine rings is 1. The predicted octanol–water partition coefficient (Wildman–Crippen LogP) is 0.745. The Morgan fingerprint density at radius 2 is 1.89 bits per heavy atom. The number of anilines is 1. The van der Waals surface area contributed by atoms with Crippen LogP contribution in [0.3, 0.4) is 0 Å². The van der Waals surface area contributed by atoms with Gasteiger partial charge in [-0.2, -0.15) is 0 Å². The summed E-state index contributed by atoms with van der Waals surface area (Å²) in [4.78, 5) is 24.8. The first-order valence-electron chi connectivity index (χ1n) is 6.13. The Balaban J connectivity index is 2.09. The number of nitrogen functional groups attached to an aromatic ring is 1. The number of primary amides is 1. The first-order valence-corrected chi connectivity index (χ1v) is 6.13. The van der Waals surface area contributed by atoms with Crippen LogP contribution in [0.25, 0.3) is 0 Å². The van der Waals surface area contributed by atoms with Crippen LogP contribution >= 0.6 is 0 Å². The number of carbonyl (C=O) groups is 2. The third-order valence-electron chi connectivity index (χ3n) is 3.47. The van der Waals surface area contributed by atoms with E-state index in [1.807, 2.05) is 0 Å². The molecule has 19 heavy (non-hydrogen) atoms. The summed E-state index contributed by atoms with van der Waals surface area (Å²) < 4.78 is 13.3. The zero-order valence-electron chi connectivity index (χ0n) is 10.4. The van der Waals surface area contributed by atoms with Gasteiger partial charge in [-0.1, -0.05) is 6.07 Å². The second-order valence-electron chi connectivity index (χ2n) is 4.67. The molecule has 1 aromatic carbocycles. The highest BCUT2D eigenvalue weighted by molar-refractivity contribution is 5.99. The van der Waals surface area contributed by atoms with Gasteiger partial charge in [0.1, 0.15) is 5.82 Å². The lowest BCUT2D eigenvalue weighted by molar-refractivity contribution is -0.123. The lowest BCUT2D eigenvalue weighted by atomic mass is 9.95. The van der Waals surface area contributed by atoms with Gasteiger partial charge in [-0.15, -0.1) is 0 Å². The van der Waals surface area contributed by atoms with E-state index in [0.717, 1.165) is 0 Å². The Bertz CT molecular complexity index is 511. The van der Waals surface area contributed by atoms with E-state index >= 15 is 0 Å². The summed E-state index contributed by atoms with van der Waals surface area (Å²) in [6.45, 7) is 0.866. The first-order chi connectivity index (χ1) is 9.00. The summed E-state index contributed by atoms with van der Waals surface area (Å²) in [5, 5.41) is 0. The molecule has 1 aliphatic heterocycles. The zero-order chi connectivity index (χ0) is 14.0. The van der Waals surface area contributed by atoms with Crippen molar-refractivity contribution in [2.75, 3.05) is 18.8 Å². The molecule has 1 fully saturated rings. The molecule has 4 N–H and O–H groups in total. The molecule has 102 valence electrons. The fraction of sp³-hybridized carbons (Fsp3) is 0.385. The maximum atomic E-state index is 13.3. The van der Waals surface area contributed by atoms with Crippen LogP contribution in [0, 0.1) is 11.7 Å². The SMILES string of the molecule is NC(=O)C1CCN(C(=O)c2cccc(F)c2N)CC1. The number of nitrogens with zero attached hydrogens (tertiary/aromatic N) is 1. The van der Waals surface area contributed by atoms with Gasteiger partial charge in [-0.3, -0.25) is 9.59 Å². The molecular formula is C13H16FN3O2. The highest BCUT2D eigenvalue weighted by atomic mass is 19.1. The lowest BCUT2D eigenvalue weighted by Gasteiger charge is -2.30. The van der Waals surface area contributed by atoms with Crippen LogP contribution in [0.4, 0.5) is 10.1 Å². The van der Waals surface area contributed by atoms with Crippen molar-refractivity contribution < 1.29 is 14.0 Å². The van der Waals surface area contributed by atoms with Crippen LogP contribution < -0.4 is 11.5 Å². The minimum Gasteiger partial charge on any atom is -0.396 e. The Labute approximate surface area is 110 Å². The van der Waals surface area contributed by atoms with Gasteiger partial charge < -0.3 is 16.4 Å². The summed E-state index contributed by atoms with van der Waals surface area (Å²) in [5.41, 5.74) is 10.8. The van der Waals surface area contributed by atoms with Crippen LogP contribution in [0.1, 0.15) is 23.2 Å². The first kappa shape index (κ1) is 13.3. The van der Waals surface area contributed by atoms with Crippen molar-refractivity contribution in [2.45, 2.75) is 12.8 Å². The quantitative estimate of drug-likeness (QED) is 0.773. The van der Waals surface area contributed by atoms with E-state index in [2.05, 4.69) is 0 Å². The number of amides is 2. The largest absolute Gasteiger partial charge is 0.396 e. The molecule has 1 aromatic rings. The van der Waals surface area contributed by atoms with Gasteiger partial charge in [0.25, 0.3) is 5.91 Å². The van der Waals surface area contributed by atoms with E-state index in [0.29, 0.717) is 25.9 Å². The van der Waals surface area contributed by atoms with Gasteiger partial charge in [0.2, 0.25) is 5.91 Å². The van der Waals surface area contributed by atoms with Crippen molar-refractivity contribution in [1.29, 1.82) is 0 Å². The molecular weight excluding hydrogens is 249 g/mol. The number of benzene rings is 1. The van der Waals surface area contributed by atoms with E-state index in [1.54, 1.807) is 4.90 Å². The van der Waals surface area contributed by atoms with Crippen molar-refractivity contribution in [3.63, 3.8) is 0 Å². The van der Waals surface area contributed by atoms with Crippen LogP contribution in [-0.4, -0.2) is 29.8 Å². The summed E-state index contributed by atoms with van der Waals surface area (Å²) in [6, 6.07) is 4.17. The number of halogens is 1. The molecule has 1 heterocycles. The summed E-state index contributed by atoms with van der Waals surface area (Å²) in [5.74, 6) is -1.43. The molecule has 2 rings (SSSR count). The third kappa shape index (κ3) is 2.67. The molecule has 1 aliphatic rings. The number of carbonyl (C=O) groups excluding carboxylic acids is 2. The summed E-state index contributed by atoms with van der Waals surface area (Å²) in [6.07, 6.45) is 1.08. The number of likely N-dealkylation sites (tertiary alicyclic amines) is 1. The van der Waals surface area contributed by atoms with Crippen molar-refractivity contribution in [2.24, 2.45) is 11.7 Å². The van der Waals surface area contributed by atoms with Crippen LogP contribution in [-0.2, 0) is 4.79 Å². The molecule has 0 atom stereocenters. The molecule has 0 spiro atoms. The highest BCUT2D eigenvalue weighted by Gasteiger charge is 2.27. The van der Waals surface area contributed by atoms with Crippen molar-refractivity contribution >= 4 is 17.5 Å². The molecule has 0 radical (unpaired) electrons. The van der Waals surface area contributed by atoms with Crippen molar-refractivity contribution in [3.05, 3.63) is 29.6 Å². The van der Waals surface area contributed by atoms with Crippen molar-refractivity contribution in [1.82, 2.24) is 4.90 Å². The molecule has 0 saturated carbocycles. The van der Waals surface area contributed by atoms with E-state index in [9.17, 15) is 14.0 Å². The molecule has 0 aliphatic carbocycles. The second-order valence-corrected chi connectivity index (χ2v) is 4.67. The van der Waals surface area contributed by atoms with Crippen molar-refractivity contribution in [3.8, 4) is 0 Å². The molecule has 0 bridgehead atoms. The Kier molecular flexibility index (Phi) is 3.69. The lowest BCUT2D eigenvalue weighted by Crippen LogP contribution is -2.42. The monoisotopic (exact) mass is 265 g/mol. The summed E-state index contributed by atoms with van der Waals surface area (Å²) >= 11 is 0. The fourth-order valence-electron chi connectivity index (χ4n) is 2.26. The topological polar surface area (TPSA) is 89.4 Å². The van der Waals surface area contributed by atoms with Gasteiger partial charge >= 0.3 is 0 Å². The fourth-order valence-corrected chi connectivity index (χ4v) is 2.26. The maximum Gasteiger partial charge on any atom is 0.256 e. The standard InChI is InChI=1S/C13H16FN3O2/c14-10-3-1-2-9(11(10)15)13(19)17-6-4-8(5-7-17)12(16)18/h1-3,8H,4-7,15H2,(H2,16,18). The van der Waals surface area contributed by atoms with E-state index in [-0.39, 0.29) is 29.0 Å². The Morgan fingerprint density at radius 1 is 1.26 bits per heavy atom. The molecule has 0 aromatic heterocycles. The molecule has 6 heteroatoms. The average molecular weight is 265 g/mol. The smallest absolute Gasteiger partial charge is 0.256 e. The van der Waals surface area contributed by atoms with Gasteiger partial charge in [-0.05, 0) is 25.0 Å². The minimum atomic E-state index is -0.599. The van der Waals surface area contributed by atoms with Crippen LogP contribution in [0.5, 0.6) is 0 Å². The number of hydrogen-bond donors (Lipinski definition) is 2. The molecule has 0 unspecified atom stereocenters. The minimum absolute atomic E-state index is 0.135. The molecule has 5 nitrogen and oxygen atoms in total. The third-order valence-corrected chi connectivity index (χ3v) is 3.47. The Hall–Kier alpha value is -2.11. The number of para-hydroxylation sites is 1. The van der Waals surface area contributed by atoms with Gasteiger partial charge in [-0.25, -0.2) is 4.39 Å². The maximum absolute atomic E-state index is 13.3. The second kappa shape index (κ2) is 5.26. The molecule has 2 amide bonds. The van der Waals surface area contributed by atoms with Gasteiger partial charge in [0.05, 0.1) is 11.3 Å². The predicted molar refractivity (Wildman–Crippen MR) is 68.6 cm³/mol. The highest BCUT2D eigenvalue weighted by Crippen LogP contribution is 2.22. The number of rotatable bonds is 2. The van der Waals surface area contributed by atoms with Gasteiger partial charge in [0.15, 0.2) is 0 Å². The zero-order valence-corrected chi connectivity index (χ0v) is 10.4. The van der Waals surface area contributed by atoms with E-state index < -0.39 is 5.82 Å². The van der Waals surface area contributed by atoms with Crippen LogP contribution in [0.15, 0.2) is 18.2 Å². The Morgan fingerprint density at radius 3 is 2.47 bits per heavy atom. The van der Waals surface area contributed by atoms with E-state index in [1.165, 1.54) is 18.2 Å². The van der Waals surface area contributed by atoms with E-state index in [4.69, 9.17) is 11.5 Å². The average Bonchev–Trinajstić information content (AvgIpc) is 2.41. The van der Waals surface area contributed by atoms with Crippen LogP contribution in [0.2, 0.25) is 0 Å². The number of nitrogens with two attached hydrogens (primary N) is 2. The molecule has 1 saturated heterocycles. The van der Waals surface area contributed by atoms with Gasteiger partial charge in [0, 0.05) is 19.0 Å².